The lowest BCUT2D eigenvalue weighted by molar-refractivity contribution is 0.174. The average molecular weight is 344 g/mol. The van der Waals surface area contributed by atoms with Gasteiger partial charge in [0.05, 0.1) is 18.5 Å². The maximum absolute atomic E-state index is 6.05. The molecule has 7 heteroatoms. The lowest BCUT2D eigenvalue weighted by Gasteiger charge is -2.32. The largest absolute Gasteiger partial charge is 0.454 e. The smallest absolute Gasteiger partial charge is 0.231 e. The summed E-state index contributed by atoms with van der Waals surface area (Å²) in [7, 11) is 1.69. The highest BCUT2D eigenvalue weighted by molar-refractivity contribution is 6.02. The van der Waals surface area contributed by atoms with E-state index in [4.69, 9.17) is 24.9 Å². The molecule has 2 aliphatic heterocycles. The molecule has 2 aliphatic rings. The SMILES string of the molecule is COCCNc1cnc(N2CCC(N)CC2)c2cc3c(cc12)OCO3. The summed E-state index contributed by atoms with van der Waals surface area (Å²) < 4.78 is 16.3. The minimum atomic E-state index is 0.263. The first-order valence-electron chi connectivity index (χ1n) is 8.72. The number of methoxy groups -OCH3 is 1. The fourth-order valence-corrected chi connectivity index (χ4v) is 3.41. The summed E-state index contributed by atoms with van der Waals surface area (Å²) >= 11 is 0. The van der Waals surface area contributed by atoms with Crippen LogP contribution in [-0.2, 0) is 4.74 Å². The van der Waals surface area contributed by atoms with Crippen LogP contribution in [0.25, 0.3) is 10.8 Å². The van der Waals surface area contributed by atoms with E-state index in [0.29, 0.717) is 12.6 Å². The number of anilines is 2. The first-order valence-corrected chi connectivity index (χ1v) is 8.72. The fraction of sp³-hybridized carbons (Fsp3) is 0.500. The summed E-state index contributed by atoms with van der Waals surface area (Å²) in [5.41, 5.74) is 7.02. The van der Waals surface area contributed by atoms with E-state index in [1.165, 1.54) is 0 Å². The molecule has 1 fully saturated rings. The van der Waals surface area contributed by atoms with Crippen LogP contribution in [0.3, 0.4) is 0 Å². The van der Waals surface area contributed by atoms with Gasteiger partial charge < -0.3 is 30.2 Å². The fourth-order valence-electron chi connectivity index (χ4n) is 3.41. The first-order chi connectivity index (χ1) is 12.3. The highest BCUT2D eigenvalue weighted by atomic mass is 16.7. The maximum Gasteiger partial charge on any atom is 0.231 e. The molecule has 3 N–H and O–H groups in total. The number of rotatable bonds is 5. The Morgan fingerprint density at radius 3 is 2.68 bits per heavy atom. The summed E-state index contributed by atoms with van der Waals surface area (Å²) in [6.07, 6.45) is 3.87. The molecule has 0 bridgehead atoms. The molecule has 25 heavy (non-hydrogen) atoms. The van der Waals surface area contributed by atoms with Gasteiger partial charge in [0, 0.05) is 43.6 Å². The highest BCUT2D eigenvalue weighted by Gasteiger charge is 2.23. The molecule has 134 valence electrons. The Labute approximate surface area is 147 Å². The molecule has 0 aliphatic carbocycles. The Balaban J connectivity index is 1.74. The van der Waals surface area contributed by atoms with Crippen molar-refractivity contribution in [2.45, 2.75) is 18.9 Å². The van der Waals surface area contributed by atoms with Crippen molar-refractivity contribution in [3.8, 4) is 11.5 Å². The Kier molecular flexibility index (Phi) is 4.50. The average Bonchev–Trinajstić information content (AvgIpc) is 3.09. The predicted octanol–water partition coefficient (Wildman–Crippen LogP) is 1.95. The molecule has 0 saturated carbocycles. The van der Waals surface area contributed by atoms with Gasteiger partial charge in [-0.2, -0.15) is 0 Å². The van der Waals surface area contributed by atoms with Crippen LogP contribution < -0.4 is 25.4 Å². The van der Waals surface area contributed by atoms with Crippen LogP contribution in [0.1, 0.15) is 12.8 Å². The second-order valence-electron chi connectivity index (χ2n) is 6.49. The molecule has 0 amide bonds. The lowest BCUT2D eigenvalue weighted by Crippen LogP contribution is -2.40. The Bertz CT molecular complexity index is 760. The minimum Gasteiger partial charge on any atom is -0.454 e. The summed E-state index contributed by atoms with van der Waals surface area (Å²) in [5, 5.41) is 5.55. The summed E-state index contributed by atoms with van der Waals surface area (Å²) in [6.45, 7) is 3.47. The summed E-state index contributed by atoms with van der Waals surface area (Å²) in [4.78, 5) is 7.06. The van der Waals surface area contributed by atoms with Crippen molar-refractivity contribution in [1.82, 2.24) is 4.98 Å². The van der Waals surface area contributed by atoms with Crippen LogP contribution in [0.4, 0.5) is 11.5 Å². The zero-order chi connectivity index (χ0) is 17.2. The number of benzene rings is 1. The predicted molar refractivity (Wildman–Crippen MR) is 97.7 cm³/mol. The van der Waals surface area contributed by atoms with Gasteiger partial charge in [0.25, 0.3) is 0 Å². The van der Waals surface area contributed by atoms with Crippen molar-refractivity contribution in [3.05, 3.63) is 18.3 Å². The van der Waals surface area contributed by atoms with Crippen LogP contribution in [0.15, 0.2) is 18.3 Å². The first kappa shape index (κ1) is 16.2. The number of hydrogen-bond donors (Lipinski definition) is 2. The van der Waals surface area contributed by atoms with E-state index in [1.54, 1.807) is 7.11 Å². The Hall–Kier alpha value is -2.25. The number of hydrogen-bond acceptors (Lipinski definition) is 7. The number of pyridine rings is 1. The molecule has 4 rings (SSSR count). The molecule has 0 unspecified atom stereocenters. The van der Waals surface area contributed by atoms with Gasteiger partial charge in [-0.3, -0.25) is 0 Å². The molecule has 1 aromatic carbocycles. The van der Waals surface area contributed by atoms with Crippen LogP contribution in [0.5, 0.6) is 11.5 Å². The van der Waals surface area contributed by atoms with E-state index < -0.39 is 0 Å². The second-order valence-corrected chi connectivity index (χ2v) is 6.49. The third-order valence-electron chi connectivity index (χ3n) is 4.82. The molecule has 1 aromatic heterocycles. The zero-order valence-electron chi connectivity index (χ0n) is 14.5. The highest BCUT2D eigenvalue weighted by Crippen LogP contribution is 2.41. The van der Waals surface area contributed by atoms with Crippen LogP contribution in [0.2, 0.25) is 0 Å². The minimum absolute atomic E-state index is 0.263. The van der Waals surface area contributed by atoms with E-state index in [9.17, 15) is 0 Å². The molecule has 1 saturated heterocycles. The molecular formula is C18H24N4O3. The van der Waals surface area contributed by atoms with Gasteiger partial charge in [-0.25, -0.2) is 4.98 Å². The van der Waals surface area contributed by atoms with E-state index in [-0.39, 0.29) is 6.79 Å². The van der Waals surface area contributed by atoms with Gasteiger partial charge in [-0.15, -0.1) is 0 Å². The van der Waals surface area contributed by atoms with Crippen LogP contribution in [0, 0.1) is 0 Å². The molecular weight excluding hydrogens is 320 g/mol. The molecule has 0 atom stereocenters. The summed E-state index contributed by atoms with van der Waals surface area (Å²) in [6, 6.07) is 4.36. The van der Waals surface area contributed by atoms with Crippen molar-refractivity contribution in [1.29, 1.82) is 0 Å². The van der Waals surface area contributed by atoms with E-state index in [2.05, 4.69) is 10.2 Å². The van der Waals surface area contributed by atoms with E-state index in [0.717, 1.165) is 66.3 Å². The van der Waals surface area contributed by atoms with Gasteiger partial charge in [-0.1, -0.05) is 0 Å². The van der Waals surface area contributed by atoms with Crippen molar-refractivity contribution >= 4 is 22.3 Å². The lowest BCUT2D eigenvalue weighted by atomic mass is 10.0. The molecule has 2 aromatic rings. The maximum atomic E-state index is 6.05. The van der Waals surface area contributed by atoms with Gasteiger partial charge in [-0.05, 0) is 25.0 Å². The molecule has 7 nitrogen and oxygen atoms in total. The van der Waals surface area contributed by atoms with Crippen LogP contribution in [-0.4, -0.2) is 51.2 Å². The Morgan fingerprint density at radius 1 is 1.24 bits per heavy atom. The van der Waals surface area contributed by atoms with Gasteiger partial charge in [0.2, 0.25) is 6.79 Å². The number of piperidine rings is 1. The second kappa shape index (κ2) is 6.93. The molecule has 0 spiro atoms. The number of nitrogens with one attached hydrogen (secondary N) is 1. The van der Waals surface area contributed by atoms with Gasteiger partial charge in [0.15, 0.2) is 11.5 Å². The summed E-state index contributed by atoms with van der Waals surface area (Å²) in [5.74, 6) is 2.54. The van der Waals surface area contributed by atoms with Crippen molar-refractivity contribution in [3.63, 3.8) is 0 Å². The number of ether oxygens (including phenoxy) is 3. The molecule has 3 heterocycles. The van der Waals surface area contributed by atoms with E-state index >= 15 is 0 Å². The number of aromatic nitrogens is 1. The monoisotopic (exact) mass is 344 g/mol. The third-order valence-corrected chi connectivity index (χ3v) is 4.82. The van der Waals surface area contributed by atoms with Crippen LogP contribution >= 0.6 is 0 Å². The number of nitrogens with two attached hydrogens (primary N) is 1. The Morgan fingerprint density at radius 2 is 1.96 bits per heavy atom. The normalized spacial score (nSPS) is 17.3. The topological polar surface area (TPSA) is 81.9 Å². The van der Waals surface area contributed by atoms with Gasteiger partial charge in [0.1, 0.15) is 5.82 Å². The van der Waals surface area contributed by atoms with Gasteiger partial charge >= 0.3 is 0 Å². The quantitative estimate of drug-likeness (QED) is 0.802. The van der Waals surface area contributed by atoms with Crippen molar-refractivity contribution in [2.24, 2.45) is 5.73 Å². The van der Waals surface area contributed by atoms with E-state index in [1.807, 2.05) is 18.3 Å². The van der Waals surface area contributed by atoms with Crippen molar-refractivity contribution < 1.29 is 14.2 Å². The third kappa shape index (κ3) is 3.17. The standard InChI is InChI=1S/C18H24N4O3/c1-23-7-4-20-15-10-21-18(22-5-2-12(19)3-6-22)14-9-17-16(8-13(14)15)24-11-25-17/h8-10,12,20H,2-7,11,19H2,1H3. The number of fused-ring (bicyclic) bond motifs is 2. The van der Waals surface area contributed by atoms with Crippen molar-refractivity contribution in [2.75, 3.05) is 50.4 Å². The molecule has 0 radical (unpaired) electrons. The number of nitrogens with zero attached hydrogens (tertiary/aromatic N) is 2. The zero-order valence-corrected chi connectivity index (χ0v) is 14.5.